The number of phenolic OH excluding ortho intramolecular Hbond substituents is 2. The van der Waals surface area contributed by atoms with Crippen molar-refractivity contribution in [1.82, 2.24) is 9.78 Å². The number of aryl methyl sites for hydroxylation is 1. The third-order valence-electron chi connectivity index (χ3n) is 6.40. The molecule has 0 aliphatic rings. The van der Waals surface area contributed by atoms with Crippen molar-refractivity contribution in [2.24, 2.45) is 10.2 Å². The third-order valence-corrected chi connectivity index (χ3v) is 8.82. The lowest BCUT2D eigenvalue weighted by atomic mass is 10.1. The van der Waals surface area contributed by atoms with Crippen LogP contribution in [0, 0.1) is 25.2 Å². The molecule has 1 amide bonds. The number of carbonyl (C=O) groups excluding carboxylic acids is 1. The number of hydrogen-bond acceptors (Lipinski definition) is 10. The summed E-state index contributed by atoms with van der Waals surface area (Å²) in [5, 5.41) is 44.5. The van der Waals surface area contributed by atoms with Crippen LogP contribution in [0.4, 0.5) is 28.6 Å². The lowest BCUT2D eigenvalue weighted by Crippen LogP contribution is -2.15. The summed E-state index contributed by atoms with van der Waals surface area (Å²) in [6, 6.07) is 8.23. The van der Waals surface area contributed by atoms with E-state index < -0.39 is 20.7 Å². The minimum Gasteiger partial charge on any atom is -0.504 e. The minimum atomic E-state index is -4.38. The first kappa shape index (κ1) is 32.4. The second kappa shape index (κ2) is 12.6. The van der Waals surface area contributed by atoms with Crippen LogP contribution in [-0.2, 0) is 14.8 Å². The lowest BCUT2D eigenvalue weighted by molar-refractivity contribution is -0.115. The van der Waals surface area contributed by atoms with Crippen LogP contribution in [0.5, 0.6) is 11.5 Å². The number of amides is 1. The number of sulfonamides is 1. The highest BCUT2D eigenvalue weighted by Gasteiger charge is 2.25. The van der Waals surface area contributed by atoms with Crippen LogP contribution in [0.1, 0.15) is 30.0 Å². The molecule has 13 nitrogen and oxygen atoms in total. The van der Waals surface area contributed by atoms with Crippen LogP contribution >= 0.6 is 34.8 Å². The summed E-state index contributed by atoms with van der Waals surface area (Å²) in [6.07, 6.45) is 1.34. The summed E-state index contributed by atoms with van der Waals surface area (Å²) >= 11 is 19.0. The van der Waals surface area contributed by atoms with Crippen LogP contribution in [0.2, 0.25) is 15.1 Å². The van der Waals surface area contributed by atoms with Gasteiger partial charge in [0.25, 0.3) is 10.0 Å². The number of rotatable bonds is 8. The first-order chi connectivity index (χ1) is 20.7. The predicted molar refractivity (Wildman–Crippen MR) is 167 cm³/mol. The molecule has 0 bridgehead atoms. The number of aromatic nitrogens is 2. The Morgan fingerprint density at radius 1 is 1.05 bits per heavy atom. The fourth-order valence-corrected chi connectivity index (χ4v) is 6.00. The molecule has 4 aromatic rings. The van der Waals surface area contributed by atoms with Gasteiger partial charge in [-0.3, -0.25) is 9.52 Å². The average molecular weight is 678 g/mol. The van der Waals surface area contributed by atoms with Crippen LogP contribution < -0.4 is 15.8 Å². The summed E-state index contributed by atoms with van der Waals surface area (Å²) in [6.45, 7) is 5.02. The molecule has 0 fully saturated rings. The van der Waals surface area contributed by atoms with Gasteiger partial charge >= 0.3 is 0 Å². The van der Waals surface area contributed by atoms with Crippen LogP contribution in [0.3, 0.4) is 0 Å². The van der Waals surface area contributed by atoms with E-state index in [4.69, 9.17) is 40.5 Å². The van der Waals surface area contributed by atoms with Gasteiger partial charge in [-0.05, 0) is 55.3 Å². The molecule has 3 aromatic carbocycles. The second-order valence-corrected chi connectivity index (χ2v) is 12.2. The van der Waals surface area contributed by atoms with Crippen molar-refractivity contribution in [3.05, 3.63) is 68.3 Å². The molecule has 0 saturated heterocycles. The summed E-state index contributed by atoms with van der Waals surface area (Å²) in [7, 11) is -4.38. The molecule has 0 aliphatic heterocycles. The summed E-state index contributed by atoms with van der Waals surface area (Å²) in [5.74, 6) is -1.28. The number of halogens is 3. The molecule has 1 aromatic heterocycles. The van der Waals surface area contributed by atoms with Gasteiger partial charge in [0.2, 0.25) is 5.91 Å². The molecule has 4 rings (SSSR count). The summed E-state index contributed by atoms with van der Waals surface area (Å²) < 4.78 is 29.9. The fourth-order valence-electron chi connectivity index (χ4n) is 3.87. The molecule has 0 atom stereocenters. The number of nitrogens with two attached hydrogens (primary N) is 1. The van der Waals surface area contributed by atoms with Gasteiger partial charge in [0.05, 0.1) is 49.7 Å². The fraction of sp³-hybridized carbons (Fsp3) is 0.148. The minimum absolute atomic E-state index is 0.00403. The molecule has 0 unspecified atom stereocenters. The van der Waals surface area contributed by atoms with Gasteiger partial charge in [0.1, 0.15) is 16.5 Å². The number of azo groups is 1. The van der Waals surface area contributed by atoms with E-state index in [2.05, 4.69) is 25.4 Å². The molecule has 0 saturated carbocycles. The monoisotopic (exact) mass is 676 g/mol. The Morgan fingerprint density at radius 3 is 2.41 bits per heavy atom. The number of nitrogens with zero attached hydrogens (tertiary/aromatic N) is 5. The zero-order chi connectivity index (χ0) is 32.5. The Morgan fingerprint density at radius 2 is 1.75 bits per heavy atom. The Hall–Kier alpha value is -4.55. The van der Waals surface area contributed by atoms with Crippen molar-refractivity contribution in [3.63, 3.8) is 0 Å². The van der Waals surface area contributed by atoms with Gasteiger partial charge in [-0.1, -0.05) is 41.7 Å². The lowest BCUT2D eigenvalue weighted by Gasteiger charge is -2.16. The molecule has 0 aliphatic carbocycles. The maximum Gasteiger partial charge on any atom is 0.263 e. The van der Waals surface area contributed by atoms with Gasteiger partial charge in [-0.2, -0.15) is 10.4 Å². The molecule has 0 radical (unpaired) electrons. The topological polar surface area (TPSA) is 208 Å². The molecule has 0 spiro atoms. The van der Waals surface area contributed by atoms with Crippen molar-refractivity contribution >= 4 is 79.3 Å². The first-order valence-electron chi connectivity index (χ1n) is 12.5. The number of hydrogen-bond donors (Lipinski definition) is 5. The molecule has 1 heterocycles. The maximum absolute atomic E-state index is 13.3. The maximum atomic E-state index is 13.3. The molecule has 6 N–H and O–H groups in total. The number of nitrogen functional groups attached to an aromatic ring is 1. The van der Waals surface area contributed by atoms with Gasteiger partial charge in [-0.15, -0.1) is 10.2 Å². The predicted octanol–water partition coefficient (Wildman–Crippen LogP) is 6.88. The zero-order valence-electron chi connectivity index (χ0n) is 23.1. The van der Waals surface area contributed by atoms with Gasteiger partial charge in [-0.25, -0.2) is 13.1 Å². The smallest absolute Gasteiger partial charge is 0.263 e. The first-order valence-corrected chi connectivity index (χ1v) is 15.1. The quantitative estimate of drug-likeness (QED) is 0.0752. The van der Waals surface area contributed by atoms with Crippen molar-refractivity contribution in [2.75, 3.05) is 15.8 Å². The second-order valence-electron chi connectivity index (χ2n) is 9.30. The molecule has 17 heteroatoms. The average Bonchev–Trinajstić information content (AvgIpc) is 3.39. The van der Waals surface area contributed by atoms with Crippen LogP contribution in [0.25, 0.3) is 5.69 Å². The highest BCUT2D eigenvalue weighted by atomic mass is 35.5. The number of carbonyl (C=O) groups is 1. The van der Waals surface area contributed by atoms with Crippen molar-refractivity contribution in [1.29, 1.82) is 5.26 Å². The van der Waals surface area contributed by atoms with Crippen LogP contribution in [-0.4, -0.2) is 34.3 Å². The van der Waals surface area contributed by atoms with Gasteiger partial charge in [0.15, 0.2) is 17.3 Å². The van der Waals surface area contributed by atoms with Crippen molar-refractivity contribution in [2.45, 2.75) is 32.1 Å². The van der Waals surface area contributed by atoms with Gasteiger partial charge < -0.3 is 21.3 Å². The Bertz CT molecular complexity index is 2010. The van der Waals surface area contributed by atoms with E-state index in [1.165, 1.54) is 30.5 Å². The van der Waals surface area contributed by atoms with E-state index in [1.54, 1.807) is 20.8 Å². The standard InChI is InChI=1S/C27H23Cl3N8O5S/c1-4-23(39)34-19-7-15(6-18(30)25(19)40)35-36-27-14(10-31)11-33-38(27)21-8-17(29)22(9-16(21)28)44(42,43)37-20-5-12(2)13(3)24(32)26(20)41/h5-9,11,37,40-41H,4,32H2,1-3H3,(H,34,39). The number of phenols is 2. The number of nitriles is 1. The number of aromatic hydroxyl groups is 2. The van der Waals surface area contributed by atoms with E-state index in [1.807, 2.05) is 6.07 Å². The van der Waals surface area contributed by atoms with Gasteiger partial charge in [0, 0.05) is 6.42 Å². The normalized spacial score (nSPS) is 11.5. The SMILES string of the molecule is CCC(=O)Nc1cc(N=Nc2c(C#N)cnn2-c2cc(Cl)c(S(=O)(=O)Nc3cc(C)c(C)c(N)c3O)cc2Cl)cc(Cl)c1O. The highest BCUT2D eigenvalue weighted by molar-refractivity contribution is 7.92. The highest BCUT2D eigenvalue weighted by Crippen LogP contribution is 2.40. The summed E-state index contributed by atoms with van der Waals surface area (Å²) in [5.41, 5.74) is 7.16. The van der Waals surface area contributed by atoms with E-state index in [9.17, 15) is 28.7 Å². The largest absolute Gasteiger partial charge is 0.504 e. The number of nitrogens with one attached hydrogen (secondary N) is 2. The number of benzene rings is 3. The molecule has 228 valence electrons. The third kappa shape index (κ3) is 6.36. The molecular weight excluding hydrogens is 655 g/mol. The summed E-state index contributed by atoms with van der Waals surface area (Å²) in [4.78, 5) is 11.4. The van der Waals surface area contributed by atoms with Crippen molar-refractivity contribution in [3.8, 4) is 23.3 Å². The van der Waals surface area contributed by atoms with Crippen LogP contribution in [0.15, 0.2) is 51.7 Å². The van der Waals surface area contributed by atoms with Crippen molar-refractivity contribution < 1.29 is 23.4 Å². The van der Waals surface area contributed by atoms with E-state index in [-0.39, 0.29) is 73.0 Å². The molecule has 44 heavy (non-hydrogen) atoms. The Kier molecular flexibility index (Phi) is 9.26. The Balaban J connectivity index is 1.74. The molecular formula is C27H23Cl3N8O5S. The van der Waals surface area contributed by atoms with E-state index in [0.717, 1.165) is 10.7 Å². The van der Waals surface area contributed by atoms with E-state index in [0.29, 0.717) is 11.1 Å². The van der Waals surface area contributed by atoms with E-state index >= 15 is 0 Å². The Labute approximate surface area is 266 Å². The number of anilines is 3. The zero-order valence-corrected chi connectivity index (χ0v) is 26.2.